The number of hydrogen-bond acceptors (Lipinski definition) is 2. The fraction of sp³-hybridized carbons (Fsp3) is 0.417. The Balaban J connectivity index is 3.24. The topological polar surface area (TPSA) is 43.1 Å². The molecule has 76 valence electrons. The van der Waals surface area contributed by atoms with Crippen molar-refractivity contribution >= 4 is 5.78 Å². The van der Waals surface area contributed by atoms with Crippen molar-refractivity contribution in [2.75, 3.05) is 0 Å². The first kappa shape index (κ1) is 10.9. The summed E-state index contributed by atoms with van der Waals surface area (Å²) in [5.74, 6) is 0.0191. The van der Waals surface area contributed by atoms with Crippen molar-refractivity contribution in [3.8, 4) is 0 Å². The van der Waals surface area contributed by atoms with E-state index in [0.29, 0.717) is 0 Å². The Bertz CT molecular complexity index is 367. The first-order chi connectivity index (χ1) is 6.45. The first-order valence-corrected chi connectivity index (χ1v) is 4.81. The molecule has 0 bridgehead atoms. The van der Waals surface area contributed by atoms with Gasteiger partial charge in [0.1, 0.15) is 0 Å². The Morgan fingerprint density at radius 3 is 2.29 bits per heavy atom. The molecule has 1 aromatic rings. The molecule has 0 aliphatic carbocycles. The molecule has 0 aliphatic heterocycles. The number of carbonyl (C=O) groups is 1. The molecule has 0 heterocycles. The van der Waals surface area contributed by atoms with Gasteiger partial charge in [0.25, 0.3) is 0 Å². The summed E-state index contributed by atoms with van der Waals surface area (Å²) in [7, 11) is 0. The summed E-state index contributed by atoms with van der Waals surface area (Å²) < 4.78 is 0. The molecule has 1 unspecified atom stereocenters. The van der Waals surface area contributed by atoms with E-state index in [2.05, 4.69) is 0 Å². The number of carbonyl (C=O) groups excluding carboxylic acids is 1. The maximum atomic E-state index is 11.7. The van der Waals surface area contributed by atoms with Gasteiger partial charge in [0.15, 0.2) is 5.78 Å². The average Bonchev–Trinajstić information content (AvgIpc) is 2.13. The molecule has 0 aromatic heterocycles. The number of Topliss-reactive ketones (excluding diaryl/α,β-unsaturated/α-hetero) is 1. The first-order valence-electron chi connectivity index (χ1n) is 4.81. The van der Waals surface area contributed by atoms with Crippen molar-refractivity contribution in [1.82, 2.24) is 0 Å². The zero-order valence-corrected chi connectivity index (χ0v) is 9.22. The van der Waals surface area contributed by atoms with E-state index in [1.54, 1.807) is 6.92 Å². The molecule has 2 N–H and O–H groups in total. The molecule has 0 amide bonds. The van der Waals surface area contributed by atoms with Gasteiger partial charge in [-0.25, -0.2) is 0 Å². The van der Waals surface area contributed by atoms with Crippen LogP contribution in [0.5, 0.6) is 0 Å². The zero-order valence-electron chi connectivity index (χ0n) is 9.22. The molecular formula is C12H17NO. The summed E-state index contributed by atoms with van der Waals surface area (Å²) in [6.45, 7) is 7.76. The molecule has 14 heavy (non-hydrogen) atoms. The normalized spacial score (nSPS) is 12.6. The van der Waals surface area contributed by atoms with Crippen LogP contribution in [0, 0.1) is 20.8 Å². The molecular weight excluding hydrogens is 174 g/mol. The summed E-state index contributed by atoms with van der Waals surface area (Å²) in [4.78, 5) is 11.7. The number of rotatable bonds is 2. The highest BCUT2D eigenvalue weighted by Gasteiger charge is 2.14. The Kier molecular flexibility index (Phi) is 3.06. The lowest BCUT2D eigenvalue weighted by molar-refractivity contribution is 0.0967. The largest absolute Gasteiger partial charge is 0.321 e. The van der Waals surface area contributed by atoms with Gasteiger partial charge in [-0.05, 0) is 44.4 Å². The average molecular weight is 191 g/mol. The Morgan fingerprint density at radius 1 is 1.21 bits per heavy atom. The van der Waals surface area contributed by atoms with Crippen molar-refractivity contribution < 1.29 is 4.79 Å². The molecule has 0 saturated carbocycles. The van der Waals surface area contributed by atoms with Gasteiger partial charge in [0, 0.05) is 5.56 Å². The molecule has 0 fully saturated rings. The highest BCUT2D eigenvalue weighted by molar-refractivity contribution is 6.01. The zero-order chi connectivity index (χ0) is 10.9. The lowest BCUT2D eigenvalue weighted by Gasteiger charge is -2.11. The van der Waals surface area contributed by atoms with Crippen molar-refractivity contribution in [2.45, 2.75) is 33.7 Å². The third kappa shape index (κ3) is 1.85. The highest BCUT2D eigenvalue weighted by Crippen LogP contribution is 2.18. The van der Waals surface area contributed by atoms with Gasteiger partial charge in [0.05, 0.1) is 6.04 Å². The standard InChI is InChI=1S/C12H17NO/c1-7-5-6-11(9(3)8(7)2)12(14)10(4)13/h5-6,10H,13H2,1-4H3. The minimum Gasteiger partial charge on any atom is -0.321 e. The quantitative estimate of drug-likeness (QED) is 0.728. The number of hydrogen-bond donors (Lipinski definition) is 1. The van der Waals surface area contributed by atoms with Crippen LogP contribution < -0.4 is 5.73 Å². The molecule has 2 nitrogen and oxygen atoms in total. The number of aryl methyl sites for hydroxylation is 1. The third-order valence-corrected chi connectivity index (χ3v) is 2.74. The van der Waals surface area contributed by atoms with Crippen LogP contribution in [-0.2, 0) is 0 Å². The number of ketones is 1. The van der Waals surface area contributed by atoms with Crippen LogP contribution >= 0.6 is 0 Å². The monoisotopic (exact) mass is 191 g/mol. The van der Waals surface area contributed by atoms with E-state index in [0.717, 1.165) is 11.1 Å². The Morgan fingerprint density at radius 2 is 1.79 bits per heavy atom. The maximum Gasteiger partial charge on any atom is 0.179 e. The van der Waals surface area contributed by atoms with Crippen LogP contribution in [0.3, 0.4) is 0 Å². The van der Waals surface area contributed by atoms with Crippen LogP contribution in [0.1, 0.15) is 34.0 Å². The second-order valence-corrected chi connectivity index (χ2v) is 3.83. The third-order valence-electron chi connectivity index (χ3n) is 2.74. The van der Waals surface area contributed by atoms with Gasteiger partial charge in [-0.1, -0.05) is 12.1 Å². The Labute approximate surface area is 85.1 Å². The minimum atomic E-state index is -0.421. The van der Waals surface area contributed by atoms with Crippen LogP contribution in [-0.4, -0.2) is 11.8 Å². The minimum absolute atomic E-state index is 0.0191. The molecule has 0 radical (unpaired) electrons. The molecule has 2 heteroatoms. The predicted octanol–water partition coefficient (Wildman–Crippen LogP) is 2.14. The summed E-state index contributed by atoms with van der Waals surface area (Å²) in [6, 6.07) is 3.41. The van der Waals surface area contributed by atoms with E-state index in [1.165, 1.54) is 11.1 Å². The fourth-order valence-electron chi connectivity index (χ4n) is 1.47. The summed E-state index contributed by atoms with van der Waals surface area (Å²) in [5, 5.41) is 0. The SMILES string of the molecule is Cc1ccc(C(=O)C(C)N)c(C)c1C. The van der Waals surface area contributed by atoms with Crippen LogP contribution in [0.4, 0.5) is 0 Å². The molecule has 1 aromatic carbocycles. The van der Waals surface area contributed by atoms with Gasteiger partial charge in [-0.15, -0.1) is 0 Å². The van der Waals surface area contributed by atoms with E-state index >= 15 is 0 Å². The van der Waals surface area contributed by atoms with E-state index in [1.807, 2.05) is 32.9 Å². The molecule has 0 saturated heterocycles. The van der Waals surface area contributed by atoms with Crippen LogP contribution in [0.15, 0.2) is 12.1 Å². The smallest absolute Gasteiger partial charge is 0.179 e. The van der Waals surface area contributed by atoms with E-state index in [9.17, 15) is 4.79 Å². The van der Waals surface area contributed by atoms with Gasteiger partial charge >= 0.3 is 0 Å². The van der Waals surface area contributed by atoms with Crippen molar-refractivity contribution in [2.24, 2.45) is 5.73 Å². The highest BCUT2D eigenvalue weighted by atomic mass is 16.1. The lowest BCUT2D eigenvalue weighted by Crippen LogP contribution is -2.27. The van der Waals surface area contributed by atoms with Gasteiger partial charge in [-0.3, -0.25) is 4.79 Å². The van der Waals surface area contributed by atoms with Gasteiger partial charge in [0.2, 0.25) is 0 Å². The van der Waals surface area contributed by atoms with Crippen LogP contribution in [0.25, 0.3) is 0 Å². The van der Waals surface area contributed by atoms with Crippen LogP contribution in [0.2, 0.25) is 0 Å². The number of benzene rings is 1. The lowest BCUT2D eigenvalue weighted by atomic mass is 9.94. The summed E-state index contributed by atoms with van der Waals surface area (Å²) >= 11 is 0. The number of nitrogens with two attached hydrogens (primary N) is 1. The van der Waals surface area contributed by atoms with Crippen molar-refractivity contribution in [1.29, 1.82) is 0 Å². The van der Waals surface area contributed by atoms with E-state index in [4.69, 9.17) is 5.73 Å². The maximum absolute atomic E-state index is 11.7. The summed E-state index contributed by atoms with van der Waals surface area (Å²) in [6.07, 6.45) is 0. The van der Waals surface area contributed by atoms with Gasteiger partial charge < -0.3 is 5.73 Å². The fourth-order valence-corrected chi connectivity index (χ4v) is 1.47. The summed E-state index contributed by atoms with van der Waals surface area (Å²) in [5.41, 5.74) is 9.77. The van der Waals surface area contributed by atoms with Crippen molar-refractivity contribution in [3.63, 3.8) is 0 Å². The predicted molar refractivity (Wildman–Crippen MR) is 58.6 cm³/mol. The Hall–Kier alpha value is -1.15. The molecule has 0 spiro atoms. The van der Waals surface area contributed by atoms with Gasteiger partial charge in [-0.2, -0.15) is 0 Å². The second-order valence-electron chi connectivity index (χ2n) is 3.83. The van der Waals surface area contributed by atoms with E-state index in [-0.39, 0.29) is 5.78 Å². The molecule has 1 atom stereocenters. The second kappa shape index (κ2) is 3.93. The molecule has 1 rings (SSSR count). The van der Waals surface area contributed by atoms with Crippen molar-refractivity contribution in [3.05, 3.63) is 34.4 Å². The van der Waals surface area contributed by atoms with E-state index < -0.39 is 6.04 Å². The molecule has 0 aliphatic rings.